The Hall–Kier alpha value is -1.56. The van der Waals surface area contributed by atoms with E-state index in [1.165, 1.54) is 19.1 Å². The second-order valence-electron chi connectivity index (χ2n) is 3.65. The van der Waals surface area contributed by atoms with Crippen LogP contribution in [-0.2, 0) is 6.18 Å². The van der Waals surface area contributed by atoms with Gasteiger partial charge in [-0.3, -0.25) is 0 Å². The molecular formula is C11H7ClF4N2. The summed E-state index contributed by atoms with van der Waals surface area (Å²) in [4.78, 5) is 0. The van der Waals surface area contributed by atoms with Gasteiger partial charge in [0.05, 0.1) is 5.69 Å². The van der Waals surface area contributed by atoms with Gasteiger partial charge < -0.3 is 0 Å². The van der Waals surface area contributed by atoms with Crippen molar-refractivity contribution in [1.29, 1.82) is 0 Å². The fourth-order valence-corrected chi connectivity index (χ4v) is 1.72. The molecule has 2 nitrogen and oxygen atoms in total. The largest absolute Gasteiger partial charge is 0.435 e. The highest BCUT2D eigenvalue weighted by Gasteiger charge is 2.37. The van der Waals surface area contributed by atoms with Gasteiger partial charge in [0, 0.05) is 5.56 Å². The Kier molecular flexibility index (Phi) is 3.06. The second-order valence-corrected chi connectivity index (χ2v) is 4.01. The Balaban J connectivity index is 2.56. The van der Waals surface area contributed by atoms with Crippen molar-refractivity contribution >= 4 is 11.6 Å². The van der Waals surface area contributed by atoms with Crippen molar-refractivity contribution in [2.75, 3.05) is 0 Å². The van der Waals surface area contributed by atoms with Crippen LogP contribution in [0.15, 0.2) is 24.3 Å². The molecule has 2 rings (SSSR count). The molecule has 0 saturated carbocycles. The van der Waals surface area contributed by atoms with E-state index in [4.69, 9.17) is 11.6 Å². The summed E-state index contributed by atoms with van der Waals surface area (Å²) in [6, 6.07) is 4.84. The zero-order valence-electron chi connectivity index (χ0n) is 9.09. The van der Waals surface area contributed by atoms with E-state index < -0.39 is 17.7 Å². The SMILES string of the molecule is Cc1c(C(F)(F)F)nn(-c2ccc(F)cc2)c1Cl. The van der Waals surface area contributed by atoms with Crippen molar-refractivity contribution in [3.05, 3.63) is 46.5 Å². The summed E-state index contributed by atoms with van der Waals surface area (Å²) >= 11 is 5.80. The molecule has 0 radical (unpaired) electrons. The molecule has 0 fully saturated rings. The Morgan fingerprint density at radius 2 is 1.72 bits per heavy atom. The maximum Gasteiger partial charge on any atom is 0.435 e. The van der Waals surface area contributed by atoms with Gasteiger partial charge in [0.25, 0.3) is 0 Å². The van der Waals surface area contributed by atoms with Crippen molar-refractivity contribution in [2.24, 2.45) is 0 Å². The lowest BCUT2D eigenvalue weighted by Crippen LogP contribution is -2.08. The molecule has 2 aromatic rings. The van der Waals surface area contributed by atoms with E-state index in [0.29, 0.717) is 0 Å². The maximum atomic E-state index is 12.7. The molecule has 0 atom stereocenters. The standard InChI is InChI=1S/C11H7ClF4N2/c1-6-9(11(14,15)16)17-18(10(6)12)8-4-2-7(13)3-5-8/h2-5H,1H3. The second kappa shape index (κ2) is 4.28. The minimum atomic E-state index is -4.57. The third-order valence-corrected chi connectivity index (χ3v) is 2.83. The molecule has 0 saturated heterocycles. The number of halogens is 5. The average Bonchev–Trinajstić information content (AvgIpc) is 2.57. The molecule has 96 valence electrons. The van der Waals surface area contributed by atoms with Crippen LogP contribution in [0.2, 0.25) is 5.15 Å². The topological polar surface area (TPSA) is 17.8 Å². The van der Waals surface area contributed by atoms with Crippen LogP contribution in [-0.4, -0.2) is 9.78 Å². The first-order valence-corrected chi connectivity index (χ1v) is 5.27. The van der Waals surface area contributed by atoms with Gasteiger partial charge in [-0.25, -0.2) is 9.07 Å². The van der Waals surface area contributed by atoms with Gasteiger partial charge in [0.2, 0.25) is 0 Å². The summed E-state index contributed by atoms with van der Waals surface area (Å²) in [5.74, 6) is -0.491. The van der Waals surface area contributed by atoms with Crippen LogP contribution in [0, 0.1) is 12.7 Å². The van der Waals surface area contributed by atoms with E-state index in [2.05, 4.69) is 5.10 Å². The number of hydrogen-bond acceptors (Lipinski definition) is 1. The first kappa shape index (κ1) is 12.9. The summed E-state index contributed by atoms with van der Waals surface area (Å²) in [5, 5.41) is 3.27. The van der Waals surface area contributed by atoms with E-state index in [1.54, 1.807) is 0 Å². The quantitative estimate of drug-likeness (QED) is 0.721. The molecule has 1 aromatic heterocycles. The number of rotatable bonds is 1. The molecule has 0 spiro atoms. The molecule has 1 heterocycles. The average molecular weight is 279 g/mol. The number of alkyl halides is 3. The van der Waals surface area contributed by atoms with Gasteiger partial charge in [-0.2, -0.15) is 18.3 Å². The molecule has 1 aromatic carbocycles. The Labute approximate surface area is 105 Å². The van der Waals surface area contributed by atoms with Crippen molar-refractivity contribution in [1.82, 2.24) is 9.78 Å². The number of benzene rings is 1. The smallest absolute Gasteiger partial charge is 0.221 e. The number of nitrogens with zero attached hydrogens (tertiary/aromatic N) is 2. The summed E-state index contributed by atoms with van der Waals surface area (Å²) in [6.07, 6.45) is -4.57. The highest BCUT2D eigenvalue weighted by atomic mass is 35.5. The molecule has 18 heavy (non-hydrogen) atoms. The molecule has 0 unspecified atom stereocenters. The van der Waals surface area contributed by atoms with Crippen molar-refractivity contribution in [3.8, 4) is 5.69 Å². The lowest BCUT2D eigenvalue weighted by atomic mass is 10.3. The number of aromatic nitrogens is 2. The van der Waals surface area contributed by atoms with E-state index >= 15 is 0 Å². The lowest BCUT2D eigenvalue weighted by molar-refractivity contribution is -0.141. The Bertz CT molecular complexity index is 572. The van der Waals surface area contributed by atoms with E-state index in [0.717, 1.165) is 16.8 Å². The van der Waals surface area contributed by atoms with Gasteiger partial charge in [0.1, 0.15) is 11.0 Å². The van der Waals surface area contributed by atoms with Crippen LogP contribution < -0.4 is 0 Å². The molecular weight excluding hydrogens is 272 g/mol. The molecule has 0 aliphatic carbocycles. The van der Waals surface area contributed by atoms with Crippen LogP contribution in [0.5, 0.6) is 0 Å². The van der Waals surface area contributed by atoms with E-state index in [-0.39, 0.29) is 16.4 Å². The first-order chi connectivity index (χ1) is 8.30. The van der Waals surface area contributed by atoms with Gasteiger partial charge in [-0.15, -0.1) is 0 Å². The highest BCUT2D eigenvalue weighted by Crippen LogP contribution is 2.34. The van der Waals surface area contributed by atoms with E-state index in [9.17, 15) is 17.6 Å². The third kappa shape index (κ3) is 2.20. The number of hydrogen-bond donors (Lipinski definition) is 0. The van der Waals surface area contributed by atoms with Crippen molar-refractivity contribution in [3.63, 3.8) is 0 Å². The van der Waals surface area contributed by atoms with Gasteiger partial charge >= 0.3 is 6.18 Å². The van der Waals surface area contributed by atoms with Gasteiger partial charge in [-0.05, 0) is 31.2 Å². The first-order valence-electron chi connectivity index (χ1n) is 4.89. The Morgan fingerprint density at radius 3 is 2.17 bits per heavy atom. The monoisotopic (exact) mass is 278 g/mol. The van der Waals surface area contributed by atoms with E-state index in [1.807, 2.05) is 0 Å². The molecule has 0 aliphatic rings. The Morgan fingerprint density at radius 1 is 1.17 bits per heavy atom. The molecule has 7 heteroatoms. The van der Waals surface area contributed by atoms with Crippen molar-refractivity contribution in [2.45, 2.75) is 13.1 Å². The molecule has 0 bridgehead atoms. The third-order valence-electron chi connectivity index (χ3n) is 2.39. The zero-order chi connectivity index (χ0) is 13.5. The van der Waals surface area contributed by atoms with Crippen LogP contribution in [0.25, 0.3) is 5.69 Å². The summed E-state index contributed by atoms with van der Waals surface area (Å²) < 4.78 is 51.5. The normalized spacial score (nSPS) is 11.9. The van der Waals surface area contributed by atoms with Gasteiger partial charge in [-0.1, -0.05) is 11.6 Å². The maximum absolute atomic E-state index is 12.7. The predicted octanol–water partition coefficient (Wildman–Crippen LogP) is 3.99. The van der Waals surface area contributed by atoms with Crippen molar-refractivity contribution < 1.29 is 17.6 Å². The lowest BCUT2D eigenvalue weighted by Gasteiger charge is -2.03. The fraction of sp³-hybridized carbons (Fsp3) is 0.182. The molecule has 0 N–H and O–H groups in total. The highest BCUT2D eigenvalue weighted by molar-refractivity contribution is 6.30. The van der Waals surface area contributed by atoms with Crippen LogP contribution in [0.4, 0.5) is 17.6 Å². The minimum Gasteiger partial charge on any atom is -0.221 e. The molecule has 0 amide bonds. The molecule has 0 aliphatic heterocycles. The van der Waals surface area contributed by atoms with Crippen LogP contribution >= 0.6 is 11.6 Å². The summed E-state index contributed by atoms with van der Waals surface area (Å²) in [7, 11) is 0. The predicted molar refractivity (Wildman–Crippen MR) is 58.3 cm³/mol. The zero-order valence-corrected chi connectivity index (χ0v) is 9.85. The summed E-state index contributed by atoms with van der Waals surface area (Å²) in [6.45, 7) is 1.23. The minimum absolute atomic E-state index is 0.145. The van der Waals surface area contributed by atoms with Crippen LogP contribution in [0.1, 0.15) is 11.3 Å². The summed E-state index contributed by atoms with van der Waals surface area (Å²) in [5.41, 5.74) is -0.940. The van der Waals surface area contributed by atoms with Crippen LogP contribution in [0.3, 0.4) is 0 Å². The fourth-order valence-electron chi connectivity index (χ4n) is 1.50. The van der Waals surface area contributed by atoms with Gasteiger partial charge in [0.15, 0.2) is 5.69 Å².